The van der Waals surface area contributed by atoms with Crippen LogP contribution < -0.4 is 4.74 Å². The summed E-state index contributed by atoms with van der Waals surface area (Å²) in [5.74, 6) is -0.426. The number of ether oxygens (including phenoxy) is 1. The molecule has 0 radical (unpaired) electrons. The van der Waals surface area contributed by atoms with Gasteiger partial charge in [0.05, 0.1) is 17.1 Å². The van der Waals surface area contributed by atoms with E-state index in [0.29, 0.717) is 0 Å². The molecule has 1 atom stereocenters. The van der Waals surface area contributed by atoms with Gasteiger partial charge in [0.25, 0.3) is 0 Å². The predicted octanol–water partition coefficient (Wildman–Crippen LogP) is 2.08. The first-order chi connectivity index (χ1) is 8.74. The van der Waals surface area contributed by atoms with Gasteiger partial charge in [-0.15, -0.1) is 0 Å². The van der Waals surface area contributed by atoms with Crippen LogP contribution in [0, 0.1) is 5.82 Å². The van der Waals surface area contributed by atoms with Crippen LogP contribution in [0.4, 0.5) is 4.39 Å². The lowest BCUT2D eigenvalue weighted by Crippen LogP contribution is -2.22. The highest BCUT2D eigenvalue weighted by Gasteiger charge is 2.16. The minimum atomic E-state index is -3.16. The van der Waals surface area contributed by atoms with Crippen LogP contribution in [-0.2, 0) is 9.84 Å². The lowest BCUT2D eigenvalue weighted by atomic mass is 10.1. The summed E-state index contributed by atoms with van der Waals surface area (Å²) in [4.78, 5) is 0. The van der Waals surface area contributed by atoms with E-state index in [0.717, 1.165) is 6.07 Å². The first-order valence-corrected chi connectivity index (χ1v) is 7.77. The summed E-state index contributed by atoms with van der Waals surface area (Å²) in [6.45, 7) is 4.65. The summed E-state index contributed by atoms with van der Waals surface area (Å²) in [7, 11) is -3.16. The summed E-state index contributed by atoms with van der Waals surface area (Å²) >= 11 is 0. The third-order valence-corrected chi connectivity index (χ3v) is 4.95. The molecule has 6 heteroatoms. The molecule has 1 aromatic carbocycles. The van der Waals surface area contributed by atoms with Gasteiger partial charge in [-0.1, -0.05) is 0 Å². The number of aliphatic hydroxyl groups excluding tert-OH is 1. The number of halogens is 1. The van der Waals surface area contributed by atoms with Crippen molar-refractivity contribution >= 4 is 9.84 Å². The maximum absolute atomic E-state index is 13.5. The quantitative estimate of drug-likeness (QED) is 0.871. The molecule has 0 spiro atoms. The summed E-state index contributed by atoms with van der Waals surface area (Å²) < 4.78 is 41.8. The van der Waals surface area contributed by atoms with E-state index in [9.17, 15) is 17.9 Å². The van der Waals surface area contributed by atoms with Gasteiger partial charge in [-0.2, -0.15) is 0 Å². The van der Waals surface area contributed by atoms with Crippen molar-refractivity contribution < 1.29 is 22.7 Å². The number of hydrogen-bond donors (Lipinski definition) is 1. The fourth-order valence-corrected chi connectivity index (χ4v) is 2.23. The Labute approximate surface area is 113 Å². The van der Waals surface area contributed by atoms with Gasteiger partial charge in [0.15, 0.2) is 9.84 Å². The molecule has 1 N–H and O–H groups in total. The van der Waals surface area contributed by atoms with Gasteiger partial charge in [0.1, 0.15) is 18.2 Å². The Hall–Kier alpha value is -1.14. The number of hydrogen-bond acceptors (Lipinski definition) is 4. The Kier molecular flexibility index (Phi) is 5.31. The van der Waals surface area contributed by atoms with E-state index in [1.807, 2.05) is 0 Å². The molecular weight excluding hydrogens is 271 g/mol. The van der Waals surface area contributed by atoms with Gasteiger partial charge in [-0.3, -0.25) is 0 Å². The number of sulfone groups is 1. The maximum atomic E-state index is 13.5. The highest BCUT2D eigenvalue weighted by Crippen LogP contribution is 2.21. The Balaban J connectivity index is 2.63. The Morgan fingerprint density at radius 1 is 1.32 bits per heavy atom. The predicted molar refractivity (Wildman–Crippen MR) is 71.5 cm³/mol. The molecule has 0 aliphatic heterocycles. The fraction of sp³-hybridized carbons (Fsp3) is 0.538. The molecule has 1 aromatic rings. The van der Waals surface area contributed by atoms with Crippen molar-refractivity contribution in [2.45, 2.75) is 32.1 Å². The summed E-state index contributed by atoms with van der Waals surface area (Å²) in [5, 5.41) is 8.83. The van der Waals surface area contributed by atoms with Gasteiger partial charge in [-0.05, 0) is 32.9 Å². The zero-order valence-corrected chi connectivity index (χ0v) is 12.1. The Morgan fingerprint density at radius 3 is 2.42 bits per heavy atom. The Morgan fingerprint density at radius 2 is 1.95 bits per heavy atom. The van der Waals surface area contributed by atoms with E-state index in [1.54, 1.807) is 13.8 Å². The van der Waals surface area contributed by atoms with Crippen molar-refractivity contribution in [3.8, 4) is 5.75 Å². The van der Waals surface area contributed by atoms with Crippen LogP contribution in [0.2, 0.25) is 0 Å². The van der Waals surface area contributed by atoms with Crippen molar-refractivity contribution in [2.24, 2.45) is 0 Å². The molecule has 0 amide bonds. The summed E-state index contributed by atoms with van der Waals surface area (Å²) in [6, 6.07) is 4.07. The van der Waals surface area contributed by atoms with Gasteiger partial charge in [-0.25, -0.2) is 12.8 Å². The highest BCUT2D eigenvalue weighted by molar-refractivity contribution is 7.91. The van der Waals surface area contributed by atoms with Crippen LogP contribution in [-0.4, -0.2) is 31.1 Å². The molecule has 108 valence electrons. The summed E-state index contributed by atoms with van der Waals surface area (Å²) in [5.41, 5.74) is 0.183. The van der Waals surface area contributed by atoms with Gasteiger partial charge < -0.3 is 9.84 Å². The van der Waals surface area contributed by atoms with Crippen molar-refractivity contribution in [3.63, 3.8) is 0 Å². The first-order valence-electron chi connectivity index (χ1n) is 6.06. The lowest BCUT2D eigenvalue weighted by Gasteiger charge is -2.11. The largest absolute Gasteiger partial charge is 0.492 e. The molecular formula is C13H19FO4S. The van der Waals surface area contributed by atoms with Crippen molar-refractivity contribution in [2.75, 3.05) is 12.4 Å². The lowest BCUT2D eigenvalue weighted by molar-refractivity contribution is 0.194. The van der Waals surface area contributed by atoms with E-state index >= 15 is 0 Å². The minimum absolute atomic E-state index is 0.0199. The molecule has 19 heavy (non-hydrogen) atoms. The smallest absolute Gasteiger partial charge is 0.155 e. The molecule has 4 nitrogen and oxygen atoms in total. The van der Waals surface area contributed by atoms with Crippen molar-refractivity contribution in [3.05, 3.63) is 29.6 Å². The van der Waals surface area contributed by atoms with Crippen LogP contribution in [0.1, 0.15) is 32.4 Å². The van der Waals surface area contributed by atoms with Gasteiger partial charge in [0.2, 0.25) is 0 Å². The van der Waals surface area contributed by atoms with Gasteiger partial charge >= 0.3 is 0 Å². The second-order valence-corrected chi connectivity index (χ2v) is 7.30. The topological polar surface area (TPSA) is 63.6 Å². The molecule has 0 aromatic heterocycles. The van der Waals surface area contributed by atoms with Crippen LogP contribution in [0.15, 0.2) is 18.2 Å². The number of benzene rings is 1. The maximum Gasteiger partial charge on any atom is 0.155 e. The molecule has 0 saturated heterocycles. The van der Waals surface area contributed by atoms with E-state index in [2.05, 4.69) is 0 Å². The minimum Gasteiger partial charge on any atom is -0.492 e. The first kappa shape index (κ1) is 15.9. The zero-order chi connectivity index (χ0) is 14.6. The highest BCUT2D eigenvalue weighted by atomic mass is 32.2. The Bertz CT molecular complexity index is 523. The molecule has 1 rings (SSSR count). The van der Waals surface area contributed by atoms with Crippen LogP contribution in [0.25, 0.3) is 0 Å². The fourth-order valence-electron chi connectivity index (χ4n) is 1.45. The third-order valence-electron chi connectivity index (χ3n) is 2.78. The molecule has 0 heterocycles. The zero-order valence-electron chi connectivity index (χ0n) is 11.3. The molecule has 0 bridgehead atoms. The normalized spacial score (nSPS) is 13.6. The van der Waals surface area contributed by atoms with E-state index in [-0.39, 0.29) is 23.7 Å². The van der Waals surface area contributed by atoms with E-state index < -0.39 is 27.0 Å². The van der Waals surface area contributed by atoms with E-state index in [4.69, 9.17) is 4.74 Å². The van der Waals surface area contributed by atoms with Crippen molar-refractivity contribution in [1.29, 1.82) is 0 Å². The molecule has 0 fully saturated rings. The van der Waals surface area contributed by atoms with Crippen LogP contribution in [0.5, 0.6) is 5.75 Å². The van der Waals surface area contributed by atoms with Crippen LogP contribution >= 0.6 is 0 Å². The monoisotopic (exact) mass is 290 g/mol. The SMILES string of the molecule is CC(C)S(=O)(=O)CCOc1ccc([C@H](C)O)c(F)c1. The third kappa shape index (κ3) is 4.47. The summed E-state index contributed by atoms with van der Waals surface area (Å²) in [6.07, 6.45) is -0.893. The number of rotatable bonds is 6. The molecule has 0 aliphatic rings. The van der Waals surface area contributed by atoms with Crippen molar-refractivity contribution in [1.82, 2.24) is 0 Å². The van der Waals surface area contributed by atoms with E-state index in [1.165, 1.54) is 19.1 Å². The average molecular weight is 290 g/mol. The van der Waals surface area contributed by atoms with Crippen LogP contribution in [0.3, 0.4) is 0 Å². The second kappa shape index (κ2) is 6.34. The number of aliphatic hydroxyl groups is 1. The molecule has 0 aliphatic carbocycles. The van der Waals surface area contributed by atoms with Gasteiger partial charge in [0, 0.05) is 11.6 Å². The standard InChI is InChI=1S/C13H19FO4S/c1-9(2)19(16,17)7-6-18-11-4-5-12(10(3)15)13(14)8-11/h4-5,8-10,15H,6-7H2,1-3H3/t10-/m0/s1. The molecule has 0 unspecified atom stereocenters. The second-order valence-electron chi connectivity index (χ2n) is 4.62. The molecule has 0 saturated carbocycles. The average Bonchev–Trinajstić information content (AvgIpc) is 2.28.